The molecule has 0 amide bonds. The third-order valence-corrected chi connectivity index (χ3v) is 4.15. The van der Waals surface area contributed by atoms with Crippen LogP contribution < -0.4 is 4.74 Å². The summed E-state index contributed by atoms with van der Waals surface area (Å²) in [4.78, 5) is 11.8. The molecule has 0 saturated carbocycles. The Kier molecular flexibility index (Phi) is 3.85. The van der Waals surface area contributed by atoms with Crippen LogP contribution in [0.15, 0.2) is 71.6 Å². The first-order valence-electron chi connectivity index (χ1n) is 6.72. The molecule has 0 spiro atoms. The molecule has 3 aromatic rings. The zero-order valence-corrected chi connectivity index (χ0v) is 12.7. The molecule has 0 heterocycles. The van der Waals surface area contributed by atoms with Crippen molar-refractivity contribution in [2.75, 3.05) is 0 Å². The second-order valence-corrected chi connectivity index (χ2v) is 6.32. The highest BCUT2D eigenvalue weighted by Crippen LogP contribution is 2.24. The molecule has 3 aromatic carbocycles. The van der Waals surface area contributed by atoms with Gasteiger partial charge >= 0.3 is 5.97 Å². The molecule has 1 N–H and O–H groups in total. The van der Waals surface area contributed by atoms with Gasteiger partial charge in [0.1, 0.15) is 5.75 Å². The van der Waals surface area contributed by atoms with Crippen LogP contribution in [-0.4, -0.2) is 18.9 Å². The zero-order chi connectivity index (χ0) is 16.4. The summed E-state index contributed by atoms with van der Waals surface area (Å²) in [6.07, 6.45) is 0. The lowest BCUT2D eigenvalue weighted by Gasteiger charge is -2.06. The predicted molar refractivity (Wildman–Crippen MR) is 85.2 cm³/mol. The summed E-state index contributed by atoms with van der Waals surface area (Å²) in [5.74, 6) is -0.120. The SMILES string of the molecule is O=C(Oc1ccc2cc(S(=O)(=O)O)ccc2c1)c1ccccc1. The van der Waals surface area contributed by atoms with Crippen LogP contribution in [0.1, 0.15) is 10.4 Å². The largest absolute Gasteiger partial charge is 0.423 e. The van der Waals surface area contributed by atoms with E-state index in [0.29, 0.717) is 22.1 Å². The van der Waals surface area contributed by atoms with E-state index < -0.39 is 16.1 Å². The Morgan fingerprint density at radius 3 is 2.22 bits per heavy atom. The van der Waals surface area contributed by atoms with Crippen molar-refractivity contribution in [2.45, 2.75) is 4.90 Å². The summed E-state index contributed by atoms with van der Waals surface area (Å²) in [6.45, 7) is 0. The minimum Gasteiger partial charge on any atom is -0.423 e. The van der Waals surface area contributed by atoms with Crippen molar-refractivity contribution in [1.82, 2.24) is 0 Å². The van der Waals surface area contributed by atoms with Crippen molar-refractivity contribution >= 4 is 26.9 Å². The molecular weight excluding hydrogens is 316 g/mol. The van der Waals surface area contributed by atoms with Crippen molar-refractivity contribution < 1.29 is 22.5 Å². The summed E-state index contributed by atoms with van der Waals surface area (Å²) in [7, 11) is -4.24. The molecule has 0 saturated heterocycles. The lowest BCUT2D eigenvalue weighted by molar-refractivity contribution is 0.0735. The minimum absolute atomic E-state index is 0.181. The monoisotopic (exact) mass is 328 g/mol. The van der Waals surface area contributed by atoms with Crippen LogP contribution in [0, 0.1) is 0 Å². The van der Waals surface area contributed by atoms with Gasteiger partial charge in [0.2, 0.25) is 0 Å². The van der Waals surface area contributed by atoms with Gasteiger partial charge < -0.3 is 4.74 Å². The normalized spacial score (nSPS) is 11.3. The molecule has 0 radical (unpaired) electrons. The second-order valence-electron chi connectivity index (χ2n) is 4.90. The van der Waals surface area contributed by atoms with Gasteiger partial charge in [-0.3, -0.25) is 4.55 Å². The van der Waals surface area contributed by atoms with Crippen LogP contribution in [0.5, 0.6) is 5.75 Å². The fraction of sp³-hybridized carbons (Fsp3) is 0. The van der Waals surface area contributed by atoms with E-state index in [2.05, 4.69) is 0 Å². The minimum atomic E-state index is -4.24. The molecule has 116 valence electrons. The van der Waals surface area contributed by atoms with E-state index in [9.17, 15) is 13.2 Å². The van der Waals surface area contributed by atoms with Gasteiger partial charge in [0.25, 0.3) is 10.1 Å². The third-order valence-electron chi connectivity index (χ3n) is 3.30. The standard InChI is InChI=1S/C17H12O5S/c18-17(12-4-2-1-3-5-12)22-15-8-6-14-11-16(23(19,20)21)9-7-13(14)10-15/h1-11H,(H,19,20,21). The van der Waals surface area contributed by atoms with Crippen molar-refractivity contribution in [3.8, 4) is 5.75 Å². The molecular formula is C17H12O5S. The van der Waals surface area contributed by atoms with Crippen LogP contribution in [-0.2, 0) is 10.1 Å². The number of esters is 1. The number of hydrogen-bond donors (Lipinski definition) is 1. The second kappa shape index (κ2) is 5.83. The maximum Gasteiger partial charge on any atom is 0.343 e. The number of ether oxygens (including phenoxy) is 1. The smallest absolute Gasteiger partial charge is 0.343 e. The van der Waals surface area contributed by atoms with Gasteiger partial charge in [-0.15, -0.1) is 0 Å². The number of hydrogen-bond acceptors (Lipinski definition) is 4. The van der Waals surface area contributed by atoms with Crippen molar-refractivity contribution in [3.63, 3.8) is 0 Å². The molecule has 0 aromatic heterocycles. The van der Waals surface area contributed by atoms with Gasteiger partial charge in [0, 0.05) is 0 Å². The van der Waals surface area contributed by atoms with E-state index in [1.54, 1.807) is 48.5 Å². The van der Waals surface area contributed by atoms with Gasteiger partial charge in [-0.1, -0.05) is 30.3 Å². The van der Waals surface area contributed by atoms with E-state index in [0.717, 1.165) is 0 Å². The van der Waals surface area contributed by atoms with Gasteiger partial charge in [-0.25, -0.2) is 4.79 Å². The molecule has 0 aliphatic carbocycles. The van der Waals surface area contributed by atoms with E-state index in [4.69, 9.17) is 9.29 Å². The molecule has 3 rings (SSSR count). The Labute approximate surface area is 132 Å². The van der Waals surface area contributed by atoms with E-state index in [1.165, 1.54) is 18.2 Å². The number of fused-ring (bicyclic) bond motifs is 1. The molecule has 0 bridgehead atoms. The predicted octanol–water partition coefficient (Wildman–Crippen LogP) is 3.31. The lowest BCUT2D eigenvalue weighted by atomic mass is 10.1. The summed E-state index contributed by atoms with van der Waals surface area (Å²) >= 11 is 0. The molecule has 5 nitrogen and oxygen atoms in total. The molecule has 0 fully saturated rings. The number of carbonyl (C=O) groups is 1. The maximum absolute atomic E-state index is 12.0. The molecule has 0 atom stereocenters. The number of rotatable bonds is 3. The quantitative estimate of drug-likeness (QED) is 0.453. The highest BCUT2D eigenvalue weighted by molar-refractivity contribution is 7.85. The number of carbonyl (C=O) groups excluding carboxylic acids is 1. The Morgan fingerprint density at radius 1 is 0.870 bits per heavy atom. The lowest BCUT2D eigenvalue weighted by Crippen LogP contribution is -2.08. The molecule has 0 aliphatic rings. The summed E-state index contributed by atoms with van der Waals surface area (Å²) in [5.41, 5.74) is 0.439. The summed E-state index contributed by atoms with van der Waals surface area (Å²) in [6, 6.07) is 17.6. The Bertz CT molecular complexity index is 978. The van der Waals surface area contributed by atoms with Gasteiger partial charge in [-0.2, -0.15) is 8.42 Å². The Morgan fingerprint density at radius 2 is 1.52 bits per heavy atom. The van der Waals surface area contributed by atoms with Gasteiger partial charge in [0.15, 0.2) is 0 Å². The van der Waals surface area contributed by atoms with Crippen LogP contribution in [0.4, 0.5) is 0 Å². The first kappa shape index (κ1) is 15.2. The fourth-order valence-electron chi connectivity index (χ4n) is 2.17. The van der Waals surface area contributed by atoms with Crippen LogP contribution in [0.3, 0.4) is 0 Å². The van der Waals surface area contributed by atoms with Crippen molar-refractivity contribution in [2.24, 2.45) is 0 Å². The van der Waals surface area contributed by atoms with Crippen LogP contribution >= 0.6 is 0 Å². The van der Waals surface area contributed by atoms with Crippen molar-refractivity contribution in [3.05, 3.63) is 72.3 Å². The van der Waals surface area contributed by atoms with Crippen LogP contribution in [0.2, 0.25) is 0 Å². The zero-order valence-electron chi connectivity index (χ0n) is 11.8. The molecule has 23 heavy (non-hydrogen) atoms. The fourth-order valence-corrected chi connectivity index (χ4v) is 2.68. The molecule has 0 aliphatic heterocycles. The average molecular weight is 328 g/mol. The average Bonchev–Trinajstić information content (AvgIpc) is 2.54. The van der Waals surface area contributed by atoms with Crippen LogP contribution in [0.25, 0.3) is 10.8 Å². The van der Waals surface area contributed by atoms with Crippen molar-refractivity contribution in [1.29, 1.82) is 0 Å². The Balaban J connectivity index is 1.90. The summed E-state index contributed by atoms with van der Waals surface area (Å²) < 4.78 is 36.6. The first-order valence-corrected chi connectivity index (χ1v) is 8.16. The molecule has 0 unspecified atom stereocenters. The number of benzene rings is 3. The topological polar surface area (TPSA) is 80.7 Å². The highest BCUT2D eigenvalue weighted by Gasteiger charge is 2.11. The van der Waals surface area contributed by atoms with E-state index in [-0.39, 0.29) is 4.90 Å². The Hall–Kier alpha value is -2.70. The van der Waals surface area contributed by atoms with E-state index in [1.807, 2.05) is 0 Å². The highest BCUT2D eigenvalue weighted by atomic mass is 32.2. The van der Waals surface area contributed by atoms with Gasteiger partial charge in [-0.05, 0) is 47.2 Å². The first-order chi connectivity index (χ1) is 10.9. The van der Waals surface area contributed by atoms with Gasteiger partial charge in [0.05, 0.1) is 10.5 Å². The maximum atomic E-state index is 12.0. The third kappa shape index (κ3) is 3.39. The van der Waals surface area contributed by atoms with E-state index >= 15 is 0 Å². The summed E-state index contributed by atoms with van der Waals surface area (Å²) in [5, 5.41) is 1.30. The molecule has 6 heteroatoms.